The van der Waals surface area contributed by atoms with Gasteiger partial charge in [-0.2, -0.15) is 0 Å². The molecule has 106 valence electrons. The zero-order chi connectivity index (χ0) is 13.7. The second-order valence-corrected chi connectivity index (χ2v) is 6.64. The van der Waals surface area contributed by atoms with Crippen molar-refractivity contribution in [2.45, 2.75) is 45.6 Å². The van der Waals surface area contributed by atoms with Gasteiger partial charge in [0.15, 0.2) is 0 Å². The molecule has 0 saturated carbocycles. The van der Waals surface area contributed by atoms with Crippen LogP contribution in [0.25, 0.3) is 0 Å². The molecule has 1 aromatic rings. The quantitative estimate of drug-likeness (QED) is 0.819. The topological polar surface area (TPSA) is 21.3 Å². The van der Waals surface area contributed by atoms with E-state index in [0.717, 1.165) is 32.2 Å². The first-order valence-corrected chi connectivity index (χ1v) is 7.43. The minimum absolute atomic E-state index is 0.244. The Morgan fingerprint density at radius 2 is 1.95 bits per heavy atom. The van der Waals surface area contributed by atoms with Crippen molar-refractivity contribution >= 4 is 0 Å². The van der Waals surface area contributed by atoms with Crippen LogP contribution in [0.3, 0.4) is 0 Å². The highest BCUT2D eigenvalue weighted by atomic mass is 16.5. The SMILES string of the molecule is CC(C)(C)c1ccc(CNCCC2CCOC2)cc1. The molecule has 0 bridgehead atoms. The van der Waals surface area contributed by atoms with Crippen molar-refractivity contribution in [3.05, 3.63) is 35.4 Å². The first-order valence-electron chi connectivity index (χ1n) is 7.43. The predicted octanol–water partition coefficient (Wildman–Crippen LogP) is 3.50. The maximum absolute atomic E-state index is 5.39. The van der Waals surface area contributed by atoms with Crippen LogP contribution in [0.5, 0.6) is 0 Å². The molecule has 1 aromatic carbocycles. The first-order chi connectivity index (χ1) is 9.05. The maximum Gasteiger partial charge on any atom is 0.0495 e. The lowest BCUT2D eigenvalue weighted by Crippen LogP contribution is -2.18. The second-order valence-electron chi connectivity index (χ2n) is 6.64. The largest absolute Gasteiger partial charge is 0.381 e. The van der Waals surface area contributed by atoms with E-state index in [9.17, 15) is 0 Å². The van der Waals surface area contributed by atoms with Crippen molar-refractivity contribution < 1.29 is 4.74 Å². The number of rotatable bonds is 5. The van der Waals surface area contributed by atoms with E-state index in [1.165, 1.54) is 24.0 Å². The highest BCUT2D eigenvalue weighted by molar-refractivity contribution is 5.27. The zero-order valence-electron chi connectivity index (χ0n) is 12.5. The summed E-state index contributed by atoms with van der Waals surface area (Å²) in [5, 5.41) is 3.53. The van der Waals surface area contributed by atoms with Gasteiger partial charge in [-0.25, -0.2) is 0 Å². The Morgan fingerprint density at radius 3 is 2.53 bits per heavy atom. The molecule has 0 amide bonds. The Kier molecular flexibility index (Phi) is 5.00. The molecular weight excluding hydrogens is 234 g/mol. The van der Waals surface area contributed by atoms with Crippen LogP contribution >= 0.6 is 0 Å². The monoisotopic (exact) mass is 261 g/mol. The van der Waals surface area contributed by atoms with Crippen LogP contribution in [0, 0.1) is 5.92 Å². The zero-order valence-corrected chi connectivity index (χ0v) is 12.5. The molecule has 2 nitrogen and oxygen atoms in total. The molecule has 0 aromatic heterocycles. The standard InChI is InChI=1S/C17H27NO/c1-17(2,3)16-6-4-14(5-7-16)12-18-10-8-15-9-11-19-13-15/h4-7,15,18H,8-13H2,1-3H3. The van der Waals surface area contributed by atoms with E-state index < -0.39 is 0 Å². The minimum Gasteiger partial charge on any atom is -0.381 e. The van der Waals surface area contributed by atoms with Gasteiger partial charge in [0.05, 0.1) is 0 Å². The Balaban J connectivity index is 1.71. The van der Waals surface area contributed by atoms with Crippen molar-refractivity contribution in [1.29, 1.82) is 0 Å². The maximum atomic E-state index is 5.39. The molecule has 0 spiro atoms. The summed E-state index contributed by atoms with van der Waals surface area (Å²) in [6, 6.07) is 8.99. The number of hydrogen-bond acceptors (Lipinski definition) is 2. The lowest BCUT2D eigenvalue weighted by Gasteiger charge is -2.19. The molecular formula is C17H27NO. The summed E-state index contributed by atoms with van der Waals surface area (Å²) >= 11 is 0. The van der Waals surface area contributed by atoms with Crippen molar-refractivity contribution in [3.8, 4) is 0 Å². The lowest BCUT2D eigenvalue weighted by molar-refractivity contribution is 0.184. The van der Waals surface area contributed by atoms with Crippen LogP contribution in [0.2, 0.25) is 0 Å². The average Bonchev–Trinajstić information content (AvgIpc) is 2.87. The fourth-order valence-electron chi connectivity index (χ4n) is 2.47. The van der Waals surface area contributed by atoms with E-state index in [2.05, 4.69) is 50.4 Å². The van der Waals surface area contributed by atoms with Gasteiger partial charge in [0, 0.05) is 19.8 Å². The molecule has 0 aliphatic carbocycles. The molecule has 1 aliphatic heterocycles. The number of hydrogen-bond donors (Lipinski definition) is 1. The van der Waals surface area contributed by atoms with Crippen LogP contribution in [0.1, 0.15) is 44.7 Å². The summed E-state index contributed by atoms with van der Waals surface area (Å²) in [6.45, 7) is 10.7. The molecule has 2 heteroatoms. The summed E-state index contributed by atoms with van der Waals surface area (Å²) in [7, 11) is 0. The fraction of sp³-hybridized carbons (Fsp3) is 0.647. The van der Waals surface area contributed by atoms with Gasteiger partial charge in [0.1, 0.15) is 0 Å². The van der Waals surface area contributed by atoms with Gasteiger partial charge in [-0.1, -0.05) is 45.0 Å². The molecule has 1 unspecified atom stereocenters. The highest BCUT2D eigenvalue weighted by Crippen LogP contribution is 2.22. The van der Waals surface area contributed by atoms with Crippen molar-refractivity contribution in [1.82, 2.24) is 5.32 Å². The lowest BCUT2D eigenvalue weighted by atomic mass is 9.87. The molecule has 2 rings (SSSR count). The highest BCUT2D eigenvalue weighted by Gasteiger charge is 2.15. The van der Waals surface area contributed by atoms with Gasteiger partial charge < -0.3 is 10.1 Å². The third kappa shape index (κ3) is 4.63. The molecule has 1 atom stereocenters. The smallest absolute Gasteiger partial charge is 0.0495 e. The van der Waals surface area contributed by atoms with Crippen LogP contribution in [0.4, 0.5) is 0 Å². The third-order valence-corrected chi connectivity index (χ3v) is 3.90. The fourth-order valence-corrected chi connectivity index (χ4v) is 2.47. The first kappa shape index (κ1) is 14.5. The van der Waals surface area contributed by atoms with Gasteiger partial charge in [0.2, 0.25) is 0 Å². The summed E-state index contributed by atoms with van der Waals surface area (Å²) in [5.74, 6) is 0.774. The van der Waals surface area contributed by atoms with Crippen LogP contribution in [-0.4, -0.2) is 19.8 Å². The third-order valence-electron chi connectivity index (χ3n) is 3.90. The number of benzene rings is 1. The molecule has 1 aliphatic rings. The Hall–Kier alpha value is -0.860. The van der Waals surface area contributed by atoms with Gasteiger partial charge in [-0.3, -0.25) is 0 Å². The summed E-state index contributed by atoms with van der Waals surface area (Å²) < 4.78 is 5.39. The number of nitrogens with one attached hydrogen (secondary N) is 1. The average molecular weight is 261 g/mol. The molecule has 1 saturated heterocycles. The van der Waals surface area contributed by atoms with Crippen molar-refractivity contribution in [3.63, 3.8) is 0 Å². The van der Waals surface area contributed by atoms with E-state index in [1.54, 1.807) is 0 Å². The van der Waals surface area contributed by atoms with Gasteiger partial charge >= 0.3 is 0 Å². The van der Waals surface area contributed by atoms with Gasteiger partial charge in [0.25, 0.3) is 0 Å². The van der Waals surface area contributed by atoms with Crippen LogP contribution in [-0.2, 0) is 16.7 Å². The Labute approximate surface area is 117 Å². The summed E-state index contributed by atoms with van der Waals surface area (Å²) in [4.78, 5) is 0. The molecule has 1 fully saturated rings. The van der Waals surface area contributed by atoms with Gasteiger partial charge in [-0.15, -0.1) is 0 Å². The number of ether oxygens (including phenoxy) is 1. The Bertz CT molecular complexity index is 371. The van der Waals surface area contributed by atoms with E-state index >= 15 is 0 Å². The predicted molar refractivity (Wildman–Crippen MR) is 80.4 cm³/mol. The molecule has 19 heavy (non-hydrogen) atoms. The summed E-state index contributed by atoms with van der Waals surface area (Å²) in [6.07, 6.45) is 2.47. The molecule has 0 radical (unpaired) electrons. The summed E-state index contributed by atoms with van der Waals surface area (Å²) in [5.41, 5.74) is 3.02. The van der Waals surface area contributed by atoms with E-state index in [0.29, 0.717) is 0 Å². The van der Waals surface area contributed by atoms with E-state index in [4.69, 9.17) is 4.74 Å². The molecule has 1 heterocycles. The minimum atomic E-state index is 0.244. The normalized spacial score (nSPS) is 19.8. The van der Waals surface area contributed by atoms with Gasteiger partial charge in [-0.05, 0) is 41.8 Å². The second kappa shape index (κ2) is 6.53. The Morgan fingerprint density at radius 1 is 1.21 bits per heavy atom. The van der Waals surface area contributed by atoms with E-state index in [1.807, 2.05) is 0 Å². The van der Waals surface area contributed by atoms with E-state index in [-0.39, 0.29) is 5.41 Å². The van der Waals surface area contributed by atoms with Crippen LogP contribution < -0.4 is 5.32 Å². The molecule has 1 N–H and O–H groups in total. The van der Waals surface area contributed by atoms with Crippen LogP contribution in [0.15, 0.2) is 24.3 Å². The van der Waals surface area contributed by atoms with Crippen molar-refractivity contribution in [2.24, 2.45) is 5.92 Å². The van der Waals surface area contributed by atoms with Crippen molar-refractivity contribution in [2.75, 3.05) is 19.8 Å².